The topological polar surface area (TPSA) is 98.8 Å². The third-order valence-corrected chi connectivity index (χ3v) is 6.02. The largest absolute Gasteiger partial charge is 0.489 e. The highest BCUT2D eigenvalue weighted by atomic mass is 16.5. The average molecular weight is 468 g/mol. The van der Waals surface area contributed by atoms with E-state index in [1.807, 2.05) is 43.3 Å². The van der Waals surface area contributed by atoms with Crippen molar-refractivity contribution >= 4 is 16.9 Å². The van der Waals surface area contributed by atoms with E-state index in [2.05, 4.69) is 18.2 Å². The van der Waals surface area contributed by atoms with E-state index in [-0.39, 0.29) is 13.0 Å². The van der Waals surface area contributed by atoms with Crippen molar-refractivity contribution in [2.45, 2.75) is 26.5 Å². The maximum Gasteiger partial charge on any atom is 0.307 e. The molecule has 6 heteroatoms. The standard InChI is InChI=1S/C29H25NO5/c1-18-28(23-9-10-33-17-23)25-13-20(16-34-26-8-3-2-6-22(26)14-27(31)32)12-24(29(25)35-18)21-7-4-5-19(11-21)15-30/h2-13,17H,14-16,30H2,1H3,(H,31,32). The molecule has 6 nitrogen and oxygen atoms in total. The first-order chi connectivity index (χ1) is 17.0. The molecule has 2 heterocycles. The number of carboxylic acid groups (broad SMARTS) is 1. The van der Waals surface area contributed by atoms with Crippen LogP contribution >= 0.6 is 0 Å². The number of fused-ring (bicyclic) bond motifs is 1. The summed E-state index contributed by atoms with van der Waals surface area (Å²) in [6, 6.07) is 21.3. The van der Waals surface area contributed by atoms with Crippen LogP contribution in [0, 0.1) is 6.92 Å². The molecule has 0 aliphatic carbocycles. The van der Waals surface area contributed by atoms with Gasteiger partial charge in [-0.05, 0) is 53.9 Å². The van der Waals surface area contributed by atoms with Gasteiger partial charge in [0.15, 0.2) is 0 Å². The minimum Gasteiger partial charge on any atom is -0.489 e. The van der Waals surface area contributed by atoms with Gasteiger partial charge in [-0.2, -0.15) is 0 Å². The highest BCUT2D eigenvalue weighted by Crippen LogP contribution is 2.40. The van der Waals surface area contributed by atoms with Crippen LogP contribution in [0.3, 0.4) is 0 Å². The lowest BCUT2D eigenvalue weighted by Gasteiger charge is -2.12. The zero-order valence-electron chi connectivity index (χ0n) is 19.3. The van der Waals surface area contributed by atoms with Crippen molar-refractivity contribution in [1.29, 1.82) is 0 Å². The van der Waals surface area contributed by atoms with Crippen LogP contribution in [0.25, 0.3) is 33.2 Å². The Morgan fingerprint density at radius 1 is 1.00 bits per heavy atom. The van der Waals surface area contributed by atoms with Gasteiger partial charge in [0.05, 0.1) is 18.9 Å². The number of hydrogen-bond acceptors (Lipinski definition) is 5. The Balaban J connectivity index is 1.62. The lowest BCUT2D eigenvalue weighted by molar-refractivity contribution is -0.136. The van der Waals surface area contributed by atoms with Crippen LogP contribution in [0.15, 0.2) is 88.1 Å². The van der Waals surface area contributed by atoms with E-state index >= 15 is 0 Å². The fourth-order valence-electron chi connectivity index (χ4n) is 4.42. The quantitative estimate of drug-likeness (QED) is 0.277. The number of nitrogens with two attached hydrogens (primary N) is 1. The normalized spacial score (nSPS) is 11.1. The molecule has 0 atom stereocenters. The molecule has 0 bridgehead atoms. The van der Waals surface area contributed by atoms with E-state index < -0.39 is 5.97 Å². The van der Waals surface area contributed by atoms with Crippen molar-refractivity contribution in [3.05, 3.63) is 102 Å². The molecule has 0 saturated carbocycles. The van der Waals surface area contributed by atoms with Gasteiger partial charge in [0, 0.05) is 34.2 Å². The summed E-state index contributed by atoms with van der Waals surface area (Å²) in [6.07, 6.45) is 3.25. The molecule has 35 heavy (non-hydrogen) atoms. The summed E-state index contributed by atoms with van der Waals surface area (Å²) in [7, 11) is 0. The Labute approximate surface area is 202 Å². The molecule has 5 rings (SSSR count). The Bertz CT molecular complexity index is 1500. The van der Waals surface area contributed by atoms with Crippen LogP contribution in [0.5, 0.6) is 5.75 Å². The molecule has 0 radical (unpaired) electrons. The summed E-state index contributed by atoms with van der Waals surface area (Å²) in [5.41, 5.74) is 13.1. The molecule has 0 fully saturated rings. The summed E-state index contributed by atoms with van der Waals surface area (Å²) in [5, 5.41) is 10.2. The van der Waals surface area contributed by atoms with Crippen molar-refractivity contribution in [2.24, 2.45) is 5.73 Å². The zero-order chi connectivity index (χ0) is 24.4. The van der Waals surface area contributed by atoms with Crippen molar-refractivity contribution in [1.82, 2.24) is 0 Å². The number of benzene rings is 3. The fourth-order valence-corrected chi connectivity index (χ4v) is 4.42. The number of carboxylic acids is 1. The summed E-state index contributed by atoms with van der Waals surface area (Å²) < 4.78 is 17.7. The molecule has 176 valence electrons. The first-order valence-electron chi connectivity index (χ1n) is 11.3. The van der Waals surface area contributed by atoms with E-state index in [9.17, 15) is 9.90 Å². The van der Waals surface area contributed by atoms with Crippen LogP contribution < -0.4 is 10.5 Å². The summed E-state index contributed by atoms with van der Waals surface area (Å²) in [4.78, 5) is 11.3. The van der Waals surface area contributed by atoms with E-state index in [4.69, 9.17) is 19.3 Å². The molecule has 0 aliphatic heterocycles. The van der Waals surface area contributed by atoms with Gasteiger partial charge < -0.3 is 24.4 Å². The zero-order valence-corrected chi connectivity index (χ0v) is 19.3. The number of ether oxygens (including phenoxy) is 1. The molecule has 2 aromatic heterocycles. The molecule has 0 aliphatic rings. The number of rotatable bonds is 8. The van der Waals surface area contributed by atoms with Gasteiger partial charge in [0.2, 0.25) is 0 Å². The van der Waals surface area contributed by atoms with Crippen LogP contribution in [-0.4, -0.2) is 11.1 Å². The number of hydrogen-bond donors (Lipinski definition) is 2. The van der Waals surface area contributed by atoms with Crippen molar-refractivity contribution in [3.63, 3.8) is 0 Å². The van der Waals surface area contributed by atoms with E-state index in [1.54, 1.807) is 24.7 Å². The van der Waals surface area contributed by atoms with Gasteiger partial charge in [-0.15, -0.1) is 0 Å². The average Bonchev–Trinajstić information content (AvgIpc) is 3.49. The number of aryl methyl sites for hydroxylation is 1. The van der Waals surface area contributed by atoms with Crippen LogP contribution in [0.2, 0.25) is 0 Å². The summed E-state index contributed by atoms with van der Waals surface area (Å²) in [6.45, 7) is 2.66. The molecule has 0 spiro atoms. The van der Waals surface area contributed by atoms with Crippen molar-refractivity contribution in [2.75, 3.05) is 0 Å². The van der Waals surface area contributed by atoms with E-state index in [0.29, 0.717) is 17.9 Å². The van der Waals surface area contributed by atoms with Gasteiger partial charge >= 0.3 is 5.97 Å². The smallest absolute Gasteiger partial charge is 0.307 e. The Morgan fingerprint density at radius 3 is 2.63 bits per heavy atom. The maximum absolute atomic E-state index is 11.3. The van der Waals surface area contributed by atoms with Gasteiger partial charge in [-0.3, -0.25) is 4.79 Å². The van der Waals surface area contributed by atoms with E-state index in [1.165, 1.54) is 0 Å². The number of furan rings is 2. The SMILES string of the molecule is Cc1oc2c(-c3cccc(CN)c3)cc(COc3ccccc3CC(=O)O)cc2c1-c1ccoc1. The second-order valence-corrected chi connectivity index (χ2v) is 8.44. The van der Waals surface area contributed by atoms with Crippen LogP contribution in [0.1, 0.15) is 22.5 Å². The maximum atomic E-state index is 11.3. The van der Waals surface area contributed by atoms with Crippen molar-refractivity contribution in [3.8, 4) is 28.0 Å². The van der Waals surface area contributed by atoms with E-state index in [0.717, 1.165) is 50.1 Å². The van der Waals surface area contributed by atoms with Crippen LogP contribution in [0.4, 0.5) is 0 Å². The third-order valence-electron chi connectivity index (χ3n) is 6.02. The summed E-state index contributed by atoms with van der Waals surface area (Å²) in [5.74, 6) is 0.450. The number of carbonyl (C=O) groups is 1. The van der Waals surface area contributed by atoms with Gasteiger partial charge in [0.1, 0.15) is 23.7 Å². The lowest BCUT2D eigenvalue weighted by atomic mass is 9.96. The lowest BCUT2D eigenvalue weighted by Crippen LogP contribution is -2.04. The van der Waals surface area contributed by atoms with Crippen molar-refractivity contribution < 1.29 is 23.5 Å². The number of para-hydroxylation sites is 1. The van der Waals surface area contributed by atoms with Gasteiger partial charge in [0.25, 0.3) is 0 Å². The highest BCUT2D eigenvalue weighted by molar-refractivity contribution is 6.03. The highest BCUT2D eigenvalue weighted by Gasteiger charge is 2.19. The minimum atomic E-state index is -0.900. The first kappa shape index (κ1) is 22.5. The Morgan fingerprint density at radius 2 is 1.86 bits per heavy atom. The summed E-state index contributed by atoms with van der Waals surface area (Å²) >= 11 is 0. The first-order valence-corrected chi connectivity index (χ1v) is 11.3. The molecule has 0 amide bonds. The second-order valence-electron chi connectivity index (χ2n) is 8.44. The molecular formula is C29H25NO5. The monoisotopic (exact) mass is 467 g/mol. The number of aliphatic carboxylic acids is 1. The minimum absolute atomic E-state index is 0.0993. The van der Waals surface area contributed by atoms with Gasteiger partial charge in [-0.1, -0.05) is 36.4 Å². The Hall–Kier alpha value is -4.29. The molecular weight excluding hydrogens is 442 g/mol. The molecule has 3 N–H and O–H groups in total. The third kappa shape index (κ3) is 4.56. The Kier molecular flexibility index (Phi) is 6.12. The second kappa shape index (κ2) is 9.52. The molecule has 0 unspecified atom stereocenters. The van der Waals surface area contributed by atoms with Gasteiger partial charge in [-0.25, -0.2) is 0 Å². The predicted molar refractivity (Wildman–Crippen MR) is 134 cm³/mol. The molecule has 3 aromatic carbocycles. The molecule has 5 aromatic rings. The predicted octanol–water partition coefficient (Wildman–Crippen LogP) is 6.33. The van der Waals surface area contributed by atoms with Crippen LogP contribution in [-0.2, 0) is 24.4 Å². The molecule has 0 saturated heterocycles. The fraction of sp³-hybridized carbons (Fsp3) is 0.138.